The second-order valence-electron chi connectivity index (χ2n) is 4.27. The fourth-order valence-corrected chi connectivity index (χ4v) is 2.62. The van der Waals surface area contributed by atoms with Gasteiger partial charge >= 0.3 is 0 Å². The zero-order valence-electron chi connectivity index (χ0n) is 11.1. The van der Waals surface area contributed by atoms with Crippen molar-refractivity contribution in [3.8, 4) is 5.75 Å². The summed E-state index contributed by atoms with van der Waals surface area (Å²) >= 11 is 0. The second kappa shape index (κ2) is 6.55. The van der Waals surface area contributed by atoms with Gasteiger partial charge in [-0.05, 0) is 48.5 Å². The summed E-state index contributed by atoms with van der Waals surface area (Å²) < 4.78 is 44.3. The van der Waals surface area contributed by atoms with Crippen LogP contribution < -0.4 is 15.2 Å². The number of nitrogens with two attached hydrogens (primary N) is 1. The van der Waals surface area contributed by atoms with Gasteiger partial charge in [0.2, 0.25) is 10.0 Å². The lowest BCUT2D eigenvalue weighted by Crippen LogP contribution is -2.28. The molecule has 0 fully saturated rings. The summed E-state index contributed by atoms with van der Waals surface area (Å²) in [6.07, 6.45) is 0. The average Bonchev–Trinajstić information content (AvgIpc) is 2.46. The molecule has 0 heterocycles. The van der Waals surface area contributed by atoms with E-state index in [-0.39, 0.29) is 18.0 Å². The Labute approximate surface area is 122 Å². The number of sulfonamides is 1. The SMILES string of the molecule is Nc1ccc(OCCNS(=O)(=O)c2ccc(F)cc2)cc1. The Bertz CT molecular complexity index is 685. The maximum Gasteiger partial charge on any atom is 0.240 e. The number of anilines is 1. The molecule has 0 saturated carbocycles. The van der Waals surface area contributed by atoms with Crippen molar-refractivity contribution < 1.29 is 17.5 Å². The Morgan fingerprint density at radius 1 is 1.05 bits per heavy atom. The zero-order valence-corrected chi connectivity index (χ0v) is 11.9. The highest BCUT2D eigenvalue weighted by molar-refractivity contribution is 7.89. The van der Waals surface area contributed by atoms with Crippen LogP contribution in [0, 0.1) is 5.82 Å². The maximum absolute atomic E-state index is 12.8. The van der Waals surface area contributed by atoms with Crippen LogP contribution in [0.3, 0.4) is 0 Å². The molecule has 0 atom stereocenters. The van der Waals surface area contributed by atoms with Crippen LogP contribution in [0.1, 0.15) is 0 Å². The van der Waals surface area contributed by atoms with Gasteiger partial charge in [0, 0.05) is 12.2 Å². The highest BCUT2D eigenvalue weighted by Gasteiger charge is 2.12. The second-order valence-corrected chi connectivity index (χ2v) is 6.04. The minimum absolute atomic E-state index is 0.0105. The van der Waals surface area contributed by atoms with E-state index >= 15 is 0 Å². The largest absolute Gasteiger partial charge is 0.492 e. The van der Waals surface area contributed by atoms with Gasteiger partial charge in [0.05, 0.1) is 4.90 Å². The smallest absolute Gasteiger partial charge is 0.240 e. The van der Waals surface area contributed by atoms with E-state index in [4.69, 9.17) is 10.5 Å². The first-order valence-corrected chi connectivity index (χ1v) is 7.69. The number of nitrogens with one attached hydrogen (secondary N) is 1. The molecule has 0 aliphatic carbocycles. The summed E-state index contributed by atoms with van der Waals surface area (Å²) in [5.41, 5.74) is 6.16. The van der Waals surface area contributed by atoms with Crippen LogP contribution in [0.5, 0.6) is 5.75 Å². The van der Waals surface area contributed by atoms with Gasteiger partial charge in [-0.25, -0.2) is 17.5 Å². The molecule has 0 aliphatic heterocycles. The minimum Gasteiger partial charge on any atom is -0.492 e. The molecule has 0 unspecified atom stereocenters. The highest BCUT2D eigenvalue weighted by Crippen LogP contribution is 2.13. The van der Waals surface area contributed by atoms with Crippen molar-refractivity contribution in [1.82, 2.24) is 4.72 Å². The van der Waals surface area contributed by atoms with Crippen molar-refractivity contribution >= 4 is 15.7 Å². The van der Waals surface area contributed by atoms with Gasteiger partial charge < -0.3 is 10.5 Å². The van der Waals surface area contributed by atoms with E-state index in [1.54, 1.807) is 24.3 Å². The van der Waals surface area contributed by atoms with E-state index in [0.717, 1.165) is 12.1 Å². The lowest BCUT2D eigenvalue weighted by atomic mass is 10.3. The molecule has 7 heteroatoms. The summed E-state index contributed by atoms with van der Waals surface area (Å²) in [6.45, 7) is 0.272. The zero-order chi connectivity index (χ0) is 15.3. The number of benzene rings is 2. The number of hydrogen-bond donors (Lipinski definition) is 2. The minimum atomic E-state index is -3.65. The lowest BCUT2D eigenvalue weighted by Gasteiger charge is -2.08. The molecule has 0 saturated heterocycles. The highest BCUT2D eigenvalue weighted by atomic mass is 32.2. The van der Waals surface area contributed by atoms with E-state index in [9.17, 15) is 12.8 Å². The van der Waals surface area contributed by atoms with Crippen LogP contribution in [0.2, 0.25) is 0 Å². The van der Waals surface area contributed by atoms with E-state index in [2.05, 4.69) is 4.72 Å². The predicted octanol–water partition coefficient (Wildman–Crippen LogP) is 1.77. The molecule has 3 N–H and O–H groups in total. The molecule has 0 aromatic heterocycles. The van der Waals surface area contributed by atoms with Crippen LogP contribution in [-0.2, 0) is 10.0 Å². The maximum atomic E-state index is 12.8. The summed E-state index contributed by atoms with van der Waals surface area (Å²) in [4.78, 5) is 0.0105. The molecule has 21 heavy (non-hydrogen) atoms. The van der Waals surface area contributed by atoms with E-state index in [1.807, 2.05) is 0 Å². The van der Waals surface area contributed by atoms with Crippen LogP contribution in [0.15, 0.2) is 53.4 Å². The molecular formula is C14H15FN2O3S. The van der Waals surface area contributed by atoms with Crippen LogP contribution in [0.4, 0.5) is 10.1 Å². The Kier molecular flexibility index (Phi) is 4.77. The molecular weight excluding hydrogens is 295 g/mol. The fraction of sp³-hybridized carbons (Fsp3) is 0.143. The Balaban J connectivity index is 1.85. The number of halogens is 1. The molecule has 5 nitrogen and oxygen atoms in total. The van der Waals surface area contributed by atoms with Crippen LogP contribution >= 0.6 is 0 Å². The van der Waals surface area contributed by atoms with Gasteiger partial charge in [0.15, 0.2) is 0 Å². The topological polar surface area (TPSA) is 81.4 Å². The first kappa shape index (κ1) is 15.3. The predicted molar refractivity (Wildman–Crippen MR) is 77.9 cm³/mol. The Morgan fingerprint density at radius 3 is 2.29 bits per heavy atom. The third-order valence-corrected chi connectivity index (χ3v) is 4.14. The van der Waals surface area contributed by atoms with Crippen molar-refractivity contribution in [3.05, 3.63) is 54.3 Å². The van der Waals surface area contributed by atoms with Crippen molar-refractivity contribution in [3.63, 3.8) is 0 Å². The van der Waals surface area contributed by atoms with Gasteiger partial charge in [-0.1, -0.05) is 0 Å². The standard InChI is InChI=1S/C14H15FN2O3S/c15-11-1-7-14(8-2-11)21(18,19)17-9-10-20-13-5-3-12(16)4-6-13/h1-8,17H,9-10,16H2. The van der Waals surface area contributed by atoms with Crippen LogP contribution in [-0.4, -0.2) is 21.6 Å². The molecule has 2 aromatic rings. The summed E-state index contributed by atoms with van der Waals surface area (Å²) in [5, 5.41) is 0. The molecule has 0 radical (unpaired) electrons. The number of ether oxygens (including phenoxy) is 1. The fourth-order valence-electron chi connectivity index (χ4n) is 1.61. The normalized spacial score (nSPS) is 11.3. The molecule has 0 bridgehead atoms. The van der Waals surface area contributed by atoms with Crippen molar-refractivity contribution in [1.29, 1.82) is 0 Å². The summed E-state index contributed by atoms with van der Waals surface area (Å²) in [5.74, 6) is 0.116. The van der Waals surface area contributed by atoms with Gasteiger partial charge in [-0.3, -0.25) is 0 Å². The van der Waals surface area contributed by atoms with Crippen molar-refractivity contribution in [2.75, 3.05) is 18.9 Å². The van der Waals surface area contributed by atoms with Crippen molar-refractivity contribution in [2.45, 2.75) is 4.90 Å². The monoisotopic (exact) mass is 310 g/mol. The third kappa shape index (κ3) is 4.44. The number of nitrogen functional groups attached to an aromatic ring is 1. The first-order valence-electron chi connectivity index (χ1n) is 6.21. The summed E-state index contributed by atoms with van der Waals surface area (Å²) in [7, 11) is -3.65. The molecule has 0 spiro atoms. The van der Waals surface area contributed by atoms with Crippen LogP contribution in [0.25, 0.3) is 0 Å². The molecule has 0 amide bonds. The molecule has 112 valence electrons. The van der Waals surface area contributed by atoms with Gasteiger partial charge in [0.25, 0.3) is 0 Å². The van der Waals surface area contributed by atoms with E-state index in [1.165, 1.54) is 12.1 Å². The molecule has 2 rings (SSSR count). The Hall–Kier alpha value is -2.12. The van der Waals surface area contributed by atoms with E-state index < -0.39 is 15.8 Å². The number of hydrogen-bond acceptors (Lipinski definition) is 4. The average molecular weight is 310 g/mol. The number of rotatable bonds is 6. The Morgan fingerprint density at radius 2 is 1.67 bits per heavy atom. The summed E-state index contributed by atoms with van der Waals surface area (Å²) in [6, 6.07) is 11.4. The van der Waals surface area contributed by atoms with Crippen molar-refractivity contribution in [2.24, 2.45) is 0 Å². The van der Waals surface area contributed by atoms with Gasteiger partial charge in [-0.2, -0.15) is 0 Å². The molecule has 2 aromatic carbocycles. The third-order valence-electron chi connectivity index (χ3n) is 2.67. The van der Waals surface area contributed by atoms with Gasteiger partial charge in [0.1, 0.15) is 18.2 Å². The van der Waals surface area contributed by atoms with E-state index in [0.29, 0.717) is 11.4 Å². The van der Waals surface area contributed by atoms with Gasteiger partial charge in [-0.15, -0.1) is 0 Å². The first-order chi connectivity index (χ1) is 9.97. The molecule has 0 aliphatic rings. The quantitative estimate of drug-likeness (QED) is 0.629. The lowest BCUT2D eigenvalue weighted by molar-refractivity contribution is 0.323.